The molecule has 0 saturated carbocycles. The second-order valence-electron chi connectivity index (χ2n) is 4.36. The lowest BCUT2D eigenvalue weighted by molar-refractivity contribution is -0.121. The normalized spacial score (nSPS) is 17.6. The molecule has 2 N–H and O–H groups in total. The lowest BCUT2D eigenvalue weighted by atomic mass is 10.0. The minimum Gasteiger partial charge on any atom is -0.348 e. The van der Waals surface area contributed by atoms with Crippen LogP contribution in [-0.2, 0) is 4.79 Å². The van der Waals surface area contributed by atoms with Crippen molar-refractivity contribution >= 4 is 17.7 Å². The summed E-state index contributed by atoms with van der Waals surface area (Å²) in [5.74, 6) is 0.600. The zero-order valence-corrected chi connectivity index (χ0v) is 11.4. The van der Waals surface area contributed by atoms with E-state index in [0.29, 0.717) is 6.54 Å². The van der Waals surface area contributed by atoms with E-state index in [-0.39, 0.29) is 24.3 Å². The predicted molar refractivity (Wildman–Crippen MR) is 75.7 cm³/mol. The van der Waals surface area contributed by atoms with Crippen molar-refractivity contribution in [3.05, 3.63) is 42.2 Å². The molecule has 5 heteroatoms. The van der Waals surface area contributed by atoms with E-state index in [0.717, 1.165) is 22.6 Å². The molecule has 1 aliphatic rings. The van der Waals surface area contributed by atoms with E-state index in [4.69, 9.17) is 0 Å². The van der Waals surface area contributed by atoms with Crippen molar-refractivity contribution in [2.24, 2.45) is 0 Å². The summed E-state index contributed by atoms with van der Waals surface area (Å²) in [6.07, 6.45) is 2.53. The lowest BCUT2D eigenvalue weighted by Crippen LogP contribution is -2.37. The number of amides is 1. The van der Waals surface area contributed by atoms with Gasteiger partial charge in [0.2, 0.25) is 5.91 Å². The Labute approximate surface area is 116 Å². The van der Waals surface area contributed by atoms with Gasteiger partial charge in [0.15, 0.2) is 0 Å². The summed E-state index contributed by atoms with van der Waals surface area (Å²) in [7, 11) is 0. The lowest BCUT2D eigenvalue weighted by Gasteiger charge is -2.26. The highest BCUT2D eigenvalue weighted by Gasteiger charge is 2.22. The van der Waals surface area contributed by atoms with Crippen LogP contribution in [0.5, 0.6) is 0 Å². The summed E-state index contributed by atoms with van der Waals surface area (Å²) in [4.78, 5) is 12.8. The van der Waals surface area contributed by atoms with Crippen LogP contribution in [0.25, 0.3) is 0 Å². The zero-order valence-electron chi connectivity index (χ0n) is 10.6. The van der Waals surface area contributed by atoms with Crippen molar-refractivity contribution in [1.29, 1.82) is 0 Å². The number of halogens is 1. The van der Waals surface area contributed by atoms with Gasteiger partial charge in [0, 0.05) is 17.2 Å². The van der Waals surface area contributed by atoms with Crippen LogP contribution in [0.1, 0.15) is 18.0 Å². The molecular weight excluding hydrogens is 263 g/mol. The van der Waals surface area contributed by atoms with E-state index >= 15 is 0 Å². The van der Waals surface area contributed by atoms with Crippen molar-refractivity contribution in [1.82, 2.24) is 10.6 Å². The zero-order chi connectivity index (χ0) is 13.7. The van der Waals surface area contributed by atoms with Crippen LogP contribution in [-0.4, -0.2) is 24.7 Å². The summed E-state index contributed by atoms with van der Waals surface area (Å²) in [5.41, 5.74) is 0.883. The molecule has 0 aliphatic carbocycles. The van der Waals surface area contributed by atoms with Gasteiger partial charge in [-0.05, 0) is 30.2 Å². The second-order valence-corrected chi connectivity index (χ2v) is 5.50. The molecule has 0 spiro atoms. The first-order valence-electron chi connectivity index (χ1n) is 6.24. The molecule has 1 heterocycles. The van der Waals surface area contributed by atoms with Gasteiger partial charge in [-0.3, -0.25) is 4.79 Å². The molecule has 1 unspecified atom stereocenters. The monoisotopic (exact) mass is 280 g/mol. The molecule has 2 rings (SSSR count). The largest absolute Gasteiger partial charge is 0.348 e. The first kappa shape index (κ1) is 14.1. The molecule has 1 aliphatic heterocycles. The summed E-state index contributed by atoms with van der Waals surface area (Å²) in [6.45, 7) is 4.42. The van der Waals surface area contributed by atoms with Crippen LogP contribution in [0.4, 0.5) is 4.39 Å². The first-order chi connectivity index (χ1) is 9.20. The third-order valence-electron chi connectivity index (χ3n) is 2.92. The molecular formula is C14H17FN2OS. The number of rotatable bonds is 5. The van der Waals surface area contributed by atoms with Gasteiger partial charge in [0.05, 0.1) is 12.6 Å². The molecule has 1 aromatic rings. The average molecular weight is 280 g/mol. The Bertz CT molecular complexity index is 479. The van der Waals surface area contributed by atoms with Gasteiger partial charge in [-0.15, -0.1) is 18.3 Å². The Balaban J connectivity index is 2.00. The van der Waals surface area contributed by atoms with Gasteiger partial charge in [-0.1, -0.05) is 6.08 Å². The molecule has 0 fully saturated rings. The number of hydrogen-bond acceptors (Lipinski definition) is 3. The Morgan fingerprint density at radius 3 is 3.21 bits per heavy atom. The van der Waals surface area contributed by atoms with E-state index < -0.39 is 0 Å². The number of benzene rings is 1. The molecule has 3 nitrogen and oxygen atoms in total. The second kappa shape index (κ2) is 6.73. The van der Waals surface area contributed by atoms with Gasteiger partial charge >= 0.3 is 0 Å². The van der Waals surface area contributed by atoms with Crippen molar-refractivity contribution in [3.8, 4) is 0 Å². The summed E-state index contributed by atoms with van der Waals surface area (Å²) in [6, 6.07) is 4.67. The van der Waals surface area contributed by atoms with E-state index in [2.05, 4.69) is 17.2 Å². The molecule has 0 bridgehead atoms. The van der Waals surface area contributed by atoms with Gasteiger partial charge in [0.1, 0.15) is 5.82 Å². The van der Waals surface area contributed by atoms with Gasteiger partial charge in [0.25, 0.3) is 0 Å². The maximum absolute atomic E-state index is 13.3. The number of nitrogens with one attached hydrogen (secondary N) is 2. The SMILES string of the molecule is C=CCNCC(=O)NC1CCSc2ccc(F)cc21. The highest BCUT2D eigenvalue weighted by atomic mass is 32.2. The third kappa shape index (κ3) is 3.81. The van der Waals surface area contributed by atoms with Crippen LogP contribution >= 0.6 is 11.8 Å². The summed E-state index contributed by atoms with van der Waals surface area (Å²) in [5, 5.41) is 5.90. The third-order valence-corrected chi connectivity index (χ3v) is 4.04. The Kier molecular flexibility index (Phi) is 4.99. The van der Waals surface area contributed by atoms with Crippen LogP contribution in [0.15, 0.2) is 35.7 Å². The fraction of sp³-hybridized carbons (Fsp3) is 0.357. The fourth-order valence-electron chi connectivity index (χ4n) is 2.05. The van der Waals surface area contributed by atoms with E-state index in [1.54, 1.807) is 23.9 Å². The van der Waals surface area contributed by atoms with Crippen molar-refractivity contribution in [2.45, 2.75) is 17.4 Å². The molecule has 0 radical (unpaired) electrons. The molecule has 19 heavy (non-hydrogen) atoms. The standard InChI is InChI=1S/C14H17FN2OS/c1-2-6-16-9-14(18)17-12-5-7-19-13-4-3-10(15)8-11(12)13/h2-4,8,12,16H,1,5-7,9H2,(H,17,18). The van der Waals surface area contributed by atoms with Crippen molar-refractivity contribution < 1.29 is 9.18 Å². The summed E-state index contributed by atoms with van der Waals surface area (Å²) < 4.78 is 13.3. The molecule has 1 amide bonds. The molecule has 1 atom stereocenters. The van der Waals surface area contributed by atoms with E-state index in [9.17, 15) is 9.18 Å². The maximum Gasteiger partial charge on any atom is 0.234 e. The number of thioether (sulfide) groups is 1. The number of carbonyl (C=O) groups is 1. The van der Waals surface area contributed by atoms with Gasteiger partial charge in [-0.2, -0.15) is 0 Å². The van der Waals surface area contributed by atoms with Gasteiger partial charge in [-0.25, -0.2) is 4.39 Å². The Morgan fingerprint density at radius 2 is 2.42 bits per heavy atom. The minimum atomic E-state index is -0.259. The molecule has 0 saturated heterocycles. The topological polar surface area (TPSA) is 41.1 Å². The van der Waals surface area contributed by atoms with E-state index in [1.807, 2.05) is 0 Å². The number of hydrogen-bond donors (Lipinski definition) is 2. The smallest absolute Gasteiger partial charge is 0.234 e. The van der Waals surface area contributed by atoms with Crippen LogP contribution in [0, 0.1) is 5.82 Å². The average Bonchev–Trinajstić information content (AvgIpc) is 2.40. The van der Waals surface area contributed by atoms with Crippen molar-refractivity contribution in [2.75, 3.05) is 18.8 Å². The van der Waals surface area contributed by atoms with Crippen LogP contribution in [0.3, 0.4) is 0 Å². The highest BCUT2D eigenvalue weighted by molar-refractivity contribution is 7.99. The number of carbonyl (C=O) groups excluding carboxylic acids is 1. The highest BCUT2D eigenvalue weighted by Crippen LogP contribution is 2.36. The van der Waals surface area contributed by atoms with Crippen molar-refractivity contribution in [3.63, 3.8) is 0 Å². The quantitative estimate of drug-likeness (QED) is 0.642. The van der Waals surface area contributed by atoms with E-state index in [1.165, 1.54) is 12.1 Å². The maximum atomic E-state index is 13.3. The van der Waals surface area contributed by atoms with Crippen LogP contribution in [0.2, 0.25) is 0 Å². The Morgan fingerprint density at radius 1 is 1.58 bits per heavy atom. The minimum absolute atomic E-state index is 0.0750. The predicted octanol–water partition coefficient (Wildman–Crippen LogP) is 2.25. The Hall–Kier alpha value is -1.33. The fourth-order valence-corrected chi connectivity index (χ4v) is 3.15. The first-order valence-corrected chi connectivity index (χ1v) is 7.22. The summed E-state index contributed by atoms with van der Waals surface area (Å²) >= 11 is 1.70. The molecule has 1 aromatic carbocycles. The molecule has 102 valence electrons. The molecule has 0 aromatic heterocycles. The number of fused-ring (bicyclic) bond motifs is 1. The van der Waals surface area contributed by atoms with Gasteiger partial charge < -0.3 is 10.6 Å². The van der Waals surface area contributed by atoms with Crippen LogP contribution < -0.4 is 10.6 Å².